The van der Waals surface area contributed by atoms with Gasteiger partial charge in [-0.3, -0.25) is 9.48 Å². The molecule has 0 aliphatic heterocycles. The second-order valence-electron chi connectivity index (χ2n) is 6.05. The van der Waals surface area contributed by atoms with Crippen molar-refractivity contribution in [1.29, 1.82) is 0 Å². The Morgan fingerprint density at radius 2 is 2.18 bits per heavy atom. The molecule has 0 saturated heterocycles. The summed E-state index contributed by atoms with van der Waals surface area (Å²) in [5, 5.41) is 13.4. The molecule has 1 N–H and O–H groups in total. The molecule has 1 fully saturated rings. The van der Waals surface area contributed by atoms with Crippen molar-refractivity contribution in [2.24, 2.45) is 0 Å². The highest BCUT2D eigenvalue weighted by atomic mass is 16.4. The van der Waals surface area contributed by atoms with Crippen LogP contribution in [-0.4, -0.2) is 20.9 Å². The first-order valence-corrected chi connectivity index (χ1v) is 6.11. The molecule has 1 saturated carbocycles. The minimum absolute atomic E-state index is 0.0492. The Kier molecular flexibility index (Phi) is 2.76. The van der Waals surface area contributed by atoms with Crippen molar-refractivity contribution in [2.45, 2.75) is 57.4 Å². The first-order chi connectivity index (χ1) is 7.83. The first-order valence-electron chi connectivity index (χ1n) is 6.11. The number of rotatable bonds is 3. The second-order valence-corrected chi connectivity index (χ2v) is 6.05. The van der Waals surface area contributed by atoms with Crippen molar-refractivity contribution in [3.63, 3.8) is 0 Å². The van der Waals surface area contributed by atoms with Gasteiger partial charge in [-0.2, -0.15) is 5.10 Å². The molecule has 2 rings (SSSR count). The summed E-state index contributed by atoms with van der Waals surface area (Å²) in [5.74, 6) is -0.715. The Labute approximate surface area is 102 Å². The highest BCUT2D eigenvalue weighted by molar-refractivity contribution is 5.69. The Bertz CT molecular complexity index is 425. The standard InChI is InChI=1S/C13H20N2O2/c1-12(2,3)15-9-10(8-14-15)13(5-4-6-13)7-11(16)17/h8-9H,4-7H2,1-3H3,(H,16,17). The van der Waals surface area contributed by atoms with Crippen molar-refractivity contribution < 1.29 is 9.90 Å². The van der Waals surface area contributed by atoms with E-state index in [1.807, 2.05) is 17.1 Å². The normalized spacial score (nSPS) is 18.8. The summed E-state index contributed by atoms with van der Waals surface area (Å²) in [4.78, 5) is 11.0. The predicted molar refractivity (Wildman–Crippen MR) is 65.0 cm³/mol. The van der Waals surface area contributed by atoms with E-state index in [0.717, 1.165) is 24.8 Å². The summed E-state index contributed by atoms with van der Waals surface area (Å²) in [7, 11) is 0. The van der Waals surface area contributed by atoms with Crippen LogP contribution in [0.4, 0.5) is 0 Å². The van der Waals surface area contributed by atoms with E-state index in [0.29, 0.717) is 0 Å². The largest absolute Gasteiger partial charge is 0.481 e. The summed E-state index contributed by atoms with van der Waals surface area (Å²) in [5.41, 5.74) is 0.878. The van der Waals surface area contributed by atoms with Gasteiger partial charge in [0, 0.05) is 11.6 Å². The molecule has 0 radical (unpaired) electrons. The van der Waals surface area contributed by atoms with Crippen LogP contribution < -0.4 is 0 Å². The number of aliphatic carboxylic acids is 1. The maximum absolute atomic E-state index is 11.0. The van der Waals surface area contributed by atoms with Crippen molar-refractivity contribution in [3.05, 3.63) is 18.0 Å². The van der Waals surface area contributed by atoms with Gasteiger partial charge in [-0.1, -0.05) is 6.42 Å². The molecule has 1 aliphatic carbocycles. The summed E-state index contributed by atoms with van der Waals surface area (Å²) in [6.45, 7) is 6.28. The summed E-state index contributed by atoms with van der Waals surface area (Å²) >= 11 is 0. The maximum Gasteiger partial charge on any atom is 0.304 e. The van der Waals surface area contributed by atoms with Gasteiger partial charge in [-0.25, -0.2) is 0 Å². The molecule has 0 aromatic carbocycles. The third kappa shape index (κ3) is 2.21. The Morgan fingerprint density at radius 1 is 1.53 bits per heavy atom. The highest BCUT2D eigenvalue weighted by Crippen LogP contribution is 2.46. The average Bonchev–Trinajstić information content (AvgIpc) is 2.58. The fraction of sp³-hybridized carbons (Fsp3) is 0.692. The molecule has 0 unspecified atom stereocenters. The van der Waals surface area contributed by atoms with Crippen LogP contribution in [0.25, 0.3) is 0 Å². The molecule has 0 bridgehead atoms. The lowest BCUT2D eigenvalue weighted by Gasteiger charge is -2.40. The zero-order valence-corrected chi connectivity index (χ0v) is 10.7. The predicted octanol–water partition coefficient (Wildman–Crippen LogP) is 2.53. The molecule has 1 heterocycles. The monoisotopic (exact) mass is 236 g/mol. The van der Waals surface area contributed by atoms with Gasteiger partial charge < -0.3 is 5.11 Å². The lowest BCUT2D eigenvalue weighted by atomic mass is 9.63. The van der Waals surface area contributed by atoms with Crippen LogP contribution in [-0.2, 0) is 15.7 Å². The fourth-order valence-corrected chi connectivity index (χ4v) is 2.42. The van der Waals surface area contributed by atoms with Crippen molar-refractivity contribution >= 4 is 5.97 Å². The van der Waals surface area contributed by atoms with Crippen LogP contribution in [0.1, 0.15) is 52.0 Å². The number of carbonyl (C=O) groups is 1. The number of hydrogen-bond acceptors (Lipinski definition) is 2. The Hall–Kier alpha value is -1.32. The lowest BCUT2D eigenvalue weighted by Crippen LogP contribution is -2.36. The third-order valence-corrected chi connectivity index (χ3v) is 3.68. The van der Waals surface area contributed by atoms with Crippen LogP contribution >= 0.6 is 0 Å². The number of carboxylic acid groups (broad SMARTS) is 1. The van der Waals surface area contributed by atoms with Gasteiger partial charge in [0.2, 0.25) is 0 Å². The van der Waals surface area contributed by atoms with E-state index in [-0.39, 0.29) is 17.4 Å². The number of nitrogens with zero attached hydrogens (tertiary/aromatic N) is 2. The number of carboxylic acids is 1. The van der Waals surface area contributed by atoms with E-state index < -0.39 is 5.97 Å². The molecule has 0 atom stereocenters. The van der Waals surface area contributed by atoms with Gasteiger partial charge in [0.1, 0.15) is 0 Å². The number of aromatic nitrogens is 2. The van der Waals surface area contributed by atoms with Crippen molar-refractivity contribution in [3.8, 4) is 0 Å². The molecule has 4 heteroatoms. The van der Waals surface area contributed by atoms with E-state index >= 15 is 0 Å². The van der Waals surface area contributed by atoms with E-state index in [2.05, 4.69) is 25.9 Å². The second kappa shape index (κ2) is 3.86. The summed E-state index contributed by atoms with van der Waals surface area (Å²) < 4.78 is 1.92. The zero-order chi connectivity index (χ0) is 12.7. The number of hydrogen-bond donors (Lipinski definition) is 1. The van der Waals surface area contributed by atoms with Crippen LogP contribution in [0.15, 0.2) is 12.4 Å². The third-order valence-electron chi connectivity index (χ3n) is 3.68. The molecule has 1 aliphatic rings. The Morgan fingerprint density at radius 3 is 2.53 bits per heavy atom. The van der Waals surface area contributed by atoms with Gasteiger partial charge in [-0.05, 0) is 39.2 Å². The van der Waals surface area contributed by atoms with Gasteiger partial charge in [0.25, 0.3) is 0 Å². The molecule has 1 aromatic heterocycles. The molecule has 4 nitrogen and oxygen atoms in total. The van der Waals surface area contributed by atoms with E-state index in [1.54, 1.807) is 0 Å². The van der Waals surface area contributed by atoms with Crippen molar-refractivity contribution in [2.75, 3.05) is 0 Å². The van der Waals surface area contributed by atoms with Crippen LogP contribution in [0.5, 0.6) is 0 Å². The fourth-order valence-electron chi connectivity index (χ4n) is 2.42. The average molecular weight is 236 g/mol. The lowest BCUT2D eigenvalue weighted by molar-refractivity contribution is -0.139. The summed E-state index contributed by atoms with van der Waals surface area (Å²) in [6.07, 6.45) is 7.14. The first kappa shape index (κ1) is 12.1. The quantitative estimate of drug-likeness (QED) is 0.877. The zero-order valence-electron chi connectivity index (χ0n) is 10.7. The highest BCUT2D eigenvalue weighted by Gasteiger charge is 2.41. The molecular weight excluding hydrogens is 216 g/mol. The van der Waals surface area contributed by atoms with Crippen molar-refractivity contribution in [1.82, 2.24) is 9.78 Å². The van der Waals surface area contributed by atoms with Crippen LogP contribution in [0.2, 0.25) is 0 Å². The Balaban J connectivity index is 2.26. The van der Waals surface area contributed by atoms with Crippen LogP contribution in [0.3, 0.4) is 0 Å². The van der Waals surface area contributed by atoms with Crippen LogP contribution in [0, 0.1) is 0 Å². The smallest absolute Gasteiger partial charge is 0.304 e. The SMILES string of the molecule is CC(C)(C)n1cc(C2(CC(=O)O)CCC2)cn1. The minimum Gasteiger partial charge on any atom is -0.481 e. The minimum atomic E-state index is -0.715. The molecule has 0 spiro atoms. The molecule has 17 heavy (non-hydrogen) atoms. The molecule has 0 amide bonds. The van der Waals surface area contributed by atoms with E-state index in [1.165, 1.54) is 0 Å². The van der Waals surface area contributed by atoms with Gasteiger partial charge in [-0.15, -0.1) is 0 Å². The van der Waals surface area contributed by atoms with E-state index in [9.17, 15) is 4.79 Å². The van der Waals surface area contributed by atoms with Gasteiger partial charge in [0.05, 0.1) is 18.2 Å². The van der Waals surface area contributed by atoms with Gasteiger partial charge >= 0.3 is 5.97 Å². The summed E-state index contributed by atoms with van der Waals surface area (Å²) in [6, 6.07) is 0. The topological polar surface area (TPSA) is 55.1 Å². The molecular formula is C13H20N2O2. The van der Waals surface area contributed by atoms with Gasteiger partial charge in [0.15, 0.2) is 0 Å². The molecule has 1 aromatic rings. The van der Waals surface area contributed by atoms with E-state index in [4.69, 9.17) is 5.11 Å². The molecule has 94 valence electrons. The maximum atomic E-state index is 11.0.